The van der Waals surface area contributed by atoms with Crippen LogP contribution in [0.25, 0.3) is 16.8 Å². The molecule has 0 N–H and O–H groups in total. The molecule has 3 nitrogen and oxygen atoms in total. The van der Waals surface area contributed by atoms with Crippen molar-refractivity contribution in [2.24, 2.45) is 0 Å². The van der Waals surface area contributed by atoms with Crippen LogP contribution in [0.3, 0.4) is 0 Å². The molecule has 2 aromatic heterocycles. The number of rotatable bonds is 2. The van der Waals surface area contributed by atoms with Gasteiger partial charge in [0.2, 0.25) is 0 Å². The van der Waals surface area contributed by atoms with Crippen LogP contribution in [0.4, 0.5) is 4.39 Å². The van der Waals surface area contributed by atoms with E-state index in [1.165, 1.54) is 16.7 Å². The lowest BCUT2D eigenvalue weighted by atomic mass is 9.85. The zero-order valence-corrected chi connectivity index (χ0v) is 15.8. The Hall–Kier alpha value is -2.98. The lowest BCUT2D eigenvalue weighted by molar-refractivity contribution is 0.328. The lowest BCUT2D eigenvalue weighted by Gasteiger charge is -2.19. The summed E-state index contributed by atoms with van der Waals surface area (Å²) in [5.41, 5.74) is 6.59. The van der Waals surface area contributed by atoms with Crippen LogP contribution in [-0.4, -0.2) is 27.9 Å². The first-order valence-corrected chi connectivity index (χ1v) is 9.68. The largest absolute Gasteiger partial charge is 0.306 e. The SMILES string of the molecule is CN1CCC(c2ccccc2F)c2ccc(-c3ccc4nccn4c3)cc2C1. The van der Waals surface area contributed by atoms with Crippen LogP contribution in [0.5, 0.6) is 0 Å². The smallest absolute Gasteiger partial charge is 0.136 e. The Kier molecular flexibility index (Phi) is 4.21. The molecule has 5 rings (SSSR count). The van der Waals surface area contributed by atoms with E-state index in [4.69, 9.17) is 0 Å². The third-order valence-electron chi connectivity index (χ3n) is 5.76. The summed E-state index contributed by atoms with van der Waals surface area (Å²) in [5.74, 6) is -0.0241. The normalized spacial score (nSPS) is 17.4. The first kappa shape index (κ1) is 17.1. The summed E-state index contributed by atoms with van der Waals surface area (Å²) in [6.45, 7) is 1.82. The molecule has 0 radical (unpaired) electrons. The van der Waals surface area contributed by atoms with Crippen LogP contribution in [-0.2, 0) is 6.54 Å². The van der Waals surface area contributed by atoms with Crippen LogP contribution in [0.1, 0.15) is 29.0 Å². The van der Waals surface area contributed by atoms with Crippen molar-refractivity contribution < 1.29 is 4.39 Å². The highest BCUT2D eigenvalue weighted by atomic mass is 19.1. The van der Waals surface area contributed by atoms with Gasteiger partial charge in [0.05, 0.1) is 0 Å². The number of halogens is 1. The molecule has 3 heterocycles. The Morgan fingerprint density at radius 3 is 2.75 bits per heavy atom. The molecule has 0 fully saturated rings. The standard InChI is InChI=1S/C24H22FN3/c1-27-12-10-21(22-4-2-3-5-23(22)25)20-8-6-17(14-19(20)15-27)18-7-9-24-26-11-13-28(24)16-18/h2-9,11,13-14,16,21H,10,12,15H2,1H3. The van der Waals surface area contributed by atoms with Crippen molar-refractivity contribution in [1.82, 2.24) is 14.3 Å². The zero-order valence-electron chi connectivity index (χ0n) is 15.8. The molecule has 0 saturated heterocycles. The Balaban J connectivity index is 1.61. The number of fused-ring (bicyclic) bond motifs is 2. The summed E-state index contributed by atoms with van der Waals surface area (Å²) in [7, 11) is 2.14. The summed E-state index contributed by atoms with van der Waals surface area (Å²) < 4.78 is 16.6. The van der Waals surface area contributed by atoms with E-state index in [1.54, 1.807) is 12.1 Å². The van der Waals surface area contributed by atoms with Crippen molar-refractivity contribution in [2.45, 2.75) is 18.9 Å². The van der Waals surface area contributed by atoms with E-state index in [2.05, 4.69) is 47.4 Å². The number of imidazole rings is 1. The second kappa shape index (κ2) is 6.88. The van der Waals surface area contributed by atoms with Crippen LogP contribution in [0.2, 0.25) is 0 Å². The first-order valence-electron chi connectivity index (χ1n) is 9.68. The quantitative estimate of drug-likeness (QED) is 0.488. The zero-order chi connectivity index (χ0) is 19.1. The van der Waals surface area contributed by atoms with E-state index in [0.717, 1.165) is 36.3 Å². The van der Waals surface area contributed by atoms with Crippen molar-refractivity contribution in [3.8, 4) is 11.1 Å². The maximum Gasteiger partial charge on any atom is 0.136 e. The minimum Gasteiger partial charge on any atom is -0.306 e. The highest BCUT2D eigenvalue weighted by Crippen LogP contribution is 2.36. The molecular formula is C24H22FN3. The van der Waals surface area contributed by atoms with Crippen molar-refractivity contribution in [3.63, 3.8) is 0 Å². The molecule has 4 aromatic rings. The number of nitrogens with zero attached hydrogens (tertiary/aromatic N) is 3. The first-order chi connectivity index (χ1) is 13.7. The third-order valence-corrected chi connectivity index (χ3v) is 5.76. The molecule has 28 heavy (non-hydrogen) atoms. The molecule has 1 unspecified atom stereocenters. The Labute approximate surface area is 164 Å². The van der Waals surface area contributed by atoms with Gasteiger partial charge in [0, 0.05) is 31.1 Å². The van der Waals surface area contributed by atoms with Crippen LogP contribution in [0.15, 0.2) is 73.2 Å². The van der Waals surface area contributed by atoms with Crippen LogP contribution in [0, 0.1) is 5.82 Å². The van der Waals surface area contributed by atoms with Gasteiger partial charge in [0.25, 0.3) is 0 Å². The molecule has 0 spiro atoms. The van der Waals surface area contributed by atoms with E-state index in [1.807, 2.05) is 35.0 Å². The maximum absolute atomic E-state index is 14.5. The van der Waals surface area contributed by atoms with Crippen molar-refractivity contribution >= 4 is 5.65 Å². The topological polar surface area (TPSA) is 20.5 Å². The van der Waals surface area contributed by atoms with E-state index in [-0.39, 0.29) is 11.7 Å². The predicted octanol–water partition coefficient (Wildman–Crippen LogP) is 5.11. The fraction of sp³-hybridized carbons (Fsp3) is 0.208. The van der Waals surface area contributed by atoms with Crippen molar-refractivity contribution in [2.75, 3.05) is 13.6 Å². The van der Waals surface area contributed by atoms with E-state index in [0.29, 0.717) is 0 Å². The van der Waals surface area contributed by atoms with E-state index < -0.39 is 0 Å². The van der Waals surface area contributed by atoms with Crippen molar-refractivity contribution in [3.05, 3.63) is 95.7 Å². The Bertz CT molecular complexity index is 1150. The fourth-order valence-corrected chi connectivity index (χ4v) is 4.31. The fourth-order valence-electron chi connectivity index (χ4n) is 4.31. The Morgan fingerprint density at radius 2 is 1.86 bits per heavy atom. The van der Waals surface area contributed by atoms with E-state index >= 15 is 0 Å². The van der Waals surface area contributed by atoms with Gasteiger partial charge < -0.3 is 9.30 Å². The Morgan fingerprint density at radius 1 is 1.00 bits per heavy atom. The van der Waals surface area contributed by atoms with Gasteiger partial charge in [0.15, 0.2) is 0 Å². The van der Waals surface area contributed by atoms with Gasteiger partial charge in [-0.05, 0) is 72.1 Å². The summed E-state index contributed by atoms with van der Waals surface area (Å²) in [5, 5.41) is 0. The molecule has 0 amide bonds. The average molecular weight is 371 g/mol. The van der Waals surface area contributed by atoms with Crippen molar-refractivity contribution in [1.29, 1.82) is 0 Å². The summed E-state index contributed by atoms with van der Waals surface area (Å²) in [4.78, 5) is 6.64. The molecule has 1 aliphatic rings. The second-order valence-electron chi connectivity index (χ2n) is 7.62. The van der Waals surface area contributed by atoms with Gasteiger partial charge >= 0.3 is 0 Å². The molecule has 2 aromatic carbocycles. The summed E-state index contributed by atoms with van der Waals surface area (Å²) in [6, 6.07) is 18.0. The number of aromatic nitrogens is 2. The third kappa shape index (κ3) is 3.00. The van der Waals surface area contributed by atoms with Gasteiger partial charge in [-0.2, -0.15) is 0 Å². The monoisotopic (exact) mass is 371 g/mol. The number of hydrogen-bond donors (Lipinski definition) is 0. The predicted molar refractivity (Wildman–Crippen MR) is 110 cm³/mol. The molecule has 1 aliphatic heterocycles. The number of pyridine rings is 1. The minimum absolute atomic E-state index is 0.0892. The molecular weight excluding hydrogens is 349 g/mol. The summed E-state index contributed by atoms with van der Waals surface area (Å²) in [6.07, 6.45) is 6.80. The van der Waals surface area contributed by atoms with Crippen LogP contribution < -0.4 is 0 Å². The molecule has 4 heteroatoms. The van der Waals surface area contributed by atoms with Gasteiger partial charge in [-0.1, -0.05) is 30.3 Å². The molecule has 1 atom stereocenters. The lowest BCUT2D eigenvalue weighted by Crippen LogP contribution is -2.17. The molecule has 0 bridgehead atoms. The summed E-state index contributed by atoms with van der Waals surface area (Å²) >= 11 is 0. The minimum atomic E-state index is -0.113. The molecule has 0 aliphatic carbocycles. The maximum atomic E-state index is 14.5. The average Bonchev–Trinajstić information content (AvgIpc) is 3.11. The molecule has 0 saturated carbocycles. The number of hydrogen-bond acceptors (Lipinski definition) is 2. The highest BCUT2D eigenvalue weighted by molar-refractivity contribution is 5.66. The van der Waals surface area contributed by atoms with Gasteiger partial charge in [-0.15, -0.1) is 0 Å². The number of benzene rings is 2. The van der Waals surface area contributed by atoms with Crippen LogP contribution >= 0.6 is 0 Å². The highest BCUT2D eigenvalue weighted by Gasteiger charge is 2.24. The van der Waals surface area contributed by atoms with Gasteiger partial charge in [0.1, 0.15) is 11.5 Å². The van der Waals surface area contributed by atoms with Gasteiger partial charge in [-0.3, -0.25) is 0 Å². The molecule has 140 valence electrons. The van der Waals surface area contributed by atoms with E-state index in [9.17, 15) is 4.39 Å². The van der Waals surface area contributed by atoms with Gasteiger partial charge in [-0.25, -0.2) is 9.37 Å². The second-order valence-corrected chi connectivity index (χ2v) is 7.62.